The van der Waals surface area contributed by atoms with Crippen LogP contribution in [-0.2, 0) is 24.1 Å². The lowest BCUT2D eigenvalue weighted by Gasteiger charge is -2.27. The lowest BCUT2D eigenvalue weighted by atomic mass is 9.89. The van der Waals surface area contributed by atoms with Crippen LogP contribution in [0.25, 0.3) is 0 Å². The normalized spacial score (nSPS) is 12.7. The van der Waals surface area contributed by atoms with Crippen LogP contribution in [0.1, 0.15) is 48.5 Å². The number of aliphatic carboxylic acids is 1. The quantitative estimate of drug-likeness (QED) is 0.510. The molecule has 8 heteroatoms. The van der Waals surface area contributed by atoms with Crippen LogP contribution in [0.5, 0.6) is 0 Å². The zero-order chi connectivity index (χ0) is 17.1. The Bertz CT molecular complexity index is 389. The van der Waals surface area contributed by atoms with Gasteiger partial charge in [-0.2, -0.15) is 0 Å². The van der Waals surface area contributed by atoms with Crippen LogP contribution >= 0.6 is 0 Å². The molecule has 0 aliphatic carbocycles. The van der Waals surface area contributed by atoms with E-state index in [1.165, 1.54) is 0 Å². The Morgan fingerprint density at radius 1 is 0.762 bits per heavy atom. The summed E-state index contributed by atoms with van der Waals surface area (Å²) in [6.45, 7) is 10.9. The van der Waals surface area contributed by atoms with E-state index in [1.54, 1.807) is 41.5 Å². The summed E-state index contributed by atoms with van der Waals surface area (Å²) in [4.78, 5) is 45.3. The average molecular weight is 304 g/mol. The van der Waals surface area contributed by atoms with Crippen molar-refractivity contribution in [2.24, 2.45) is 5.41 Å². The van der Waals surface area contributed by atoms with E-state index in [-0.39, 0.29) is 0 Å². The van der Waals surface area contributed by atoms with E-state index < -0.39 is 34.4 Å². The Morgan fingerprint density at radius 2 is 1.05 bits per heavy atom. The largest absolute Gasteiger partial charge is 0.480 e. The second-order valence-electron chi connectivity index (χ2n) is 6.72. The van der Waals surface area contributed by atoms with Gasteiger partial charge in [-0.15, -0.1) is 0 Å². The van der Waals surface area contributed by atoms with Crippen molar-refractivity contribution in [2.75, 3.05) is 0 Å². The van der Waals surface area contributed by atoms with Gasteiger partial charge in [0.1, 0.15) is 0 Å². The molecule has 0 bridgehead atoms. The molecule has 122 valence electrons. The van der Waals surface area contributed by atoms with Crippen LogP contribution in [0, 0.1) is 5.41 Å². The van der Waals surface area contributed by atoms with Gasteiger partial charge in [0.15, 0.2) is 0 Å². The van der Waals surface area contributed by atoms with Crippen molar-refractivity contribution in [3.63, 3.8) is 0 Å². The number of nitrogens with one attached hydrogen (secondary N) is 2. The second-order valence-corrected chi connectivity index (χ2v) is 6.72. The van der Waals surface area contributed by atoms with Gasteiger partial charge in [-0.25, -0.2) is 11.0 Å². The zero-order valence-corrected chi connectivity index (χ0v) is 13.5. The van der Waals surface area contributed by atoms with Gasteiger partial charge in [0.05, 0.1) is 11.2 Å². The minimum Gasteiger partial charge on any atom is -0.480 e. The van der Waals surface area contributed by atoms with E-state index in [4.69, 9.17) is 9.68 Å². The van der Waals surface area contributed by atoms with E-state index in [9.17, 15) is 19.5 Å². The number of rotatable bonds is 5. The molecule has 0 aromatic rings. The number of hydroxylamine groups is 2. The maximum absolute atomic E-state index is 12.0. The Balaban J connectivity index is 5.03. The fraction of sp³-hybridized carbons (Fsp3) is 0.769. The van der Waals surface area contributed by atoms with Crippen molar-refractivity contribution in [3.05, 3.63) is 0 Å². The molecule has 0 fully saturated rings. The standard InChI is InChI=1S/C13H24N2O6/c1-11(2,3)20-14-8(16)13(7,10(18)19)9(17)15-21-12(4,5)6/h1-7H3,(H,14,16)(H,15,17)(H,18,19). The third-order valence-corrected chi connectivity index (χ3v) is 2.24. The molecule has 0 aliphatic rings. The highest BCUT2D eigenvalue weighted by atomic mass is 16.7. The number of amides is 2. The van der Waals surface area contributed by atoms with Crippen molar-refractivity contribution in [3.8, 4) is 0 Å². The molecule has 0 saturated heterocycles. The van der Waals surface area contributed by atoms with Crippen molar-refractivity contribution >= 4 is 17.8 Å². The van der Waals surface area contributed by atoms with Gasteiger partial charge in [0.25, 0.3) is 11.8 Å². The van der Waals surface area contributed by atoms with Gasteiger partial charge in [0.2, 0.25) is 5.41 Å². The minimum absolute atomic E-state index is 0.729. The first-order valence-corrected chi connectivity index (χ1v) is 6.40. The third kappa shape index (κ3) is 6.09. The maximum Gasteiger partial charge on any atom is 0.328 e. The van der Waals surface area contributed by atoms with Crippen LogP contribution in [0.2, 0.25) is 0 Å². The number of hydrogen-bond donors (Lipinski definition) is 3. The van der Waals surface area contributed by atoms with Crippen LogP contribution in [0.3, 0.4) is 0 Å². The van der Waals surface area contributed by atoms with Gasteiger partial charge in [-0.3, -0.25) is 24.1 Å². The monoisotopic (exact) mass is 304 g/mol. The molecule has 3 N–H and O–H groups in total. The summed E-state index contributed by atoms with van der Waals surface area (Å²) < 4.78 is 0. The van der Waals surface area contributed by atoms with Gasteiger partial charge in [-0.1, -0.05) is 0 Å². The topological polar surface area (TPSA) is 114 Å². The Labute approximate surface area is 124 Å². The first kappa shape index (κ1) is 19.3. The molecule has 0 rings (SSSR count). The third-order valence-electron chi connectivity index (χ3n) is 2.24. The van der Waals surface area contributed by atoms with Gasteiger partial charge in [0, 0.05) is 0 Å². The molecule has 21 heavy (non-hydrogen) atoms. The molecule has 0 heterocycles. The Morgan fingerprint density at radius 3 is 1.24 bits per heavy atom. The Hall–Kier alpha value is -1.67. The summed E-state index contributed by atoms with van der Waals surface area (Å²) in [6, 6.07) is 0. The molecule has 8 nitrogen and oxygen atoms in total. The SMILES string of the molecule is CC(C)(C)ONC(=O)C(C)(C(=O)O)C(=O)NOC(C)(C)C. The first-order chi connectivity index (χ1) is 9.20. The summed E-state index contributed by atoms with van der Waals surface area (Å²) in [5.41, 5.74) is 0.137. The maximum atomic E-state index is 12.0. The van der Waals surface area contributed by atoms with Gasteiger partial charge >= 0.3 is 5.97 Å². The molecule has 0 unspecified atom stereocenters. The average Bonchev–Trinajstić information content (AvgIpc) is 2.29. The lowest BCUT2D eigenvalue weighted by molar-refractivity contribution is -0.177. The van der Waals surface area contributed by atoms with Crippen molar-refractivity contribution in [2.45, 2.75) is 59.7 Å². The minimum atomic E-state index is -2.38. The molecular formula is C13H24N2O6. The van der Waals surface area contributed by atoms with E-state index in [0.717, 1.165) is 6.92 Å². The summed E-state index contributed by atoms with van der Waals surface area (Å²) in [5.74, 6) is -3.81. The van der Waals surface area contributed by atoms with Crippen LogP contribution in [0.4, 0.5) is 0 Å². The molecule has 0 aliphatic heterocycles. The zero-order valence-electron chi connectivity index (χ0n) is 13.5. The molecule has 0 atom stereocenters. The van der Waals surface area contributed by atoms with E-state index >= 15 is 0 Å². The van der Waals surface area contributed by atoms with Crippen LogP contribution in [-0.4, -0.2) is 34.1 Å². The molecule has 0 radical (unpaired) electrons. The van der Waals surface area contributed by atoms with Crippen molar-refractivity contribution < 1.29 is 29.2 Å². The number of carboxylic acid groups (broad SMARTS) is 1. The number of carboxylic acids is 1. The molecule has 0 aromatic carbocycles. The molecule has 0 saturated carbocycles. The second kappa shape index (κ2) is 6.40. The molecule has 0 spiro atoms. The fourth-order valence-corrected chi connectivity index (χ4v) is 0.900. The molecule has 2 amide bonds. The van der Waals surface area contributed by atoms with Crippen molar-refractivity contribution in [1.82, 2.24) is 11.0 Å². The molecule has 0 aromatic heterocycles. The summed E-state index contributed by atoms with van der Waals surface area (Å²) in [6.07, 6.45) is 0. The highest BCUT2D eigenvalue weighted by Gasteiger charge is 2.50. The van der Waals surface area contributed by atoms with Gasteiger partial charge in [-0.05, 0) is 48.5 Å². The van der Waals surface area contributed by atoms with E-state index in [1.807, 2.05) is 11.0 Å². The van der Waals surface area contributed by atoms with Gasteiger partial charge < -0.3 is 5.11 Å². The molecular weight excluding hydrogens is 280 g/mol. The lowest BCUT2D eigenvalue weighted by Crippen LogP contribution is -2.56. The highest BCUT2D eigenvalue weighted by molar-refractivity contribution is 6.19. The summed E-state index contributed by atoms with van der Waals surface area (Å²) in [5, 5.41) is 9.20. The van der Waals surface area contributed by atoms with E-state index in [0.29, 0.717) is 0 Å². The van der Waals surface area contributed by atoms with Crippen LogP contribution in [0.15, 0.2) is 0 Å². The van der Waals surface area contributed by atoms with E-state index in [2.05, 4.69) is 0 Å². The summed E-state index contributed by atoms with van der Waals surface area (Å²) in [7, 11) is 0. The predicted molar refractivity (Wildman–Crippen MR) is 73.7 cm³/mol. The smallest absolute Gasteiger partial charge is 0.328 e. The van der Waals surface area contributed by atoms with Crippen LogP contribution < -0.4 is 11.0 Å². The highest BCUT2D eigenvalue weighted by Crippen LogP contribution is 2.19. The number of carbonyl (C=O) groups excluding carboxylic acids is 2. The van der Waals surface area contributed by atoms with Crippen molar-refractivity contribution in [1.29, 1.82) is 0 Å². The number of carbonyl (C=O) groups is 3. The fourth-order valence-electron chi connectivity index (χ4n) is 0.900. The summed E-state index contributed by atoms with van der Waals surface area (Å²) >= 11 is 0. The first-order valence-electron chi connectivity index (χ1n) is 6.40. The number of hydrogen-bond acceptors (Lipinski definition) is 5. The predicted octanol–water partition coefficient (Wildman–Crippen LogP) is 0.770. The Kier molecular flexibility index (Phi) is 5.89.